The lowest BCUT2D eigenvalue weighted by atomic mass is 10.0. The fourth-order valence-corrected chi connectivity index (χ4v) is 3.27. The number of halogens is 2. The second-order valence-electron chi connectivity index (χ2n) is 6.03. The molecule has 0 unspecified atom stereocenters. The fraction of sp³-hybridized carbons (Fsp3) is 0.158. The van der Waals surface area contributed by atoms with Gasteiger partial charge in [-0.15, -0.1) is 0 Å². The van der Waals surface area contributed by atoms with E-state index >= 15 is 0 Å². The number of hydrogen-bond donors (Lipinski definition) is 2. The highest BCUT2D eigenvalue weighted by Gasteiger charge is 2.31. The predicted molar refractivity (Wildman–Crippen MR) is 101 cm³/mol. The van der Waals surface area contributed by atoms with Crippen molar-refractivity contribution in [1.29, 1.82) is 0 Å². The van der Waals surface area contributed by atoms with Crippen molar-refractivity contribution in [2.45, 2.75) is 6.54 Å². The van der Waals surface area contributed by atoms with Crippen LogP contribution in [0.3, 0.4) is 0 Å². The molecule has 2 aromatic carbocycles. The minimum Gasteiger partial charge on any atom is -0.503 e. The number of carbonyl (C=O) groups is 2. The summed E-state index contributed by atoms with van der Waals surface area (Å²) in [5.74, 6) is -1.50. The van der Waals surface area contributed by atoms with Gasteiger partial charge in [0.25, 0.3) is 11.8 Å². The molecule has 1 heterocycles. The summed E-state index contributed by atoms with van der Waals surface area (Å²) < 4.78 is 0. The first-order chi connectivity index (χ1) is 12.3. The van der Waals surface area contributed by atoms with E-state index in [-0.39, 0.29) is 18.7 Å². The summed E-state index contributed by atoms with van der Waals surface area (Å²) in [6.07, 6.45) is 0. The third-order valence-electron chi connectivity index (χ3n) is 4.08. The molecule has 0 bridgehead atoms. The number of nitrogens with one attached hydrogen (secondary N) is 1. The van der Waals surface area contributed by atoms with Gasteiger partial charge >= 0.3 is 0 Å². The van der Waals surface area contributed by atoms with Crippen LogP contribution in [0.25, 0.3) is 11.1 Å². The van der Waals surface area contributed by atoms with Gasteiger partial charge in [0, 0.05) is 23.6 Å². The van der Waals surface area contributed by atoms with Crippen molar-refractivity contribution < 1.29 is 14.7 Å². The van der Waals surface area contributed by atoms with Crippen molar-refractivity contribution in [3.63, 3.8) is 0 Å². The summed E-state index contributed by atoms with van der Waals surface area (Å²) in [5.41, 5.74) is 2.73. The molecule has 3 rings (SSSR count). The molecule has 2 N–H and O–H groups in total. The number of rotatable bonds is 4. The summed E-state index contributed by atoms with van der Waals surface area (Å²) in [5, 5.41) is 13.6. The van der Waals surface area contributed by atoms with Crippen molar-refractivity contribution in [3.8, 4) is 11.1 Å². The SMILES string of the molecule is CN1CC(C(=O)NCc2cccc(-c3cc(Cl)cc(Cl)c3)c2)=C(O)C1=O. The molecule has 7 heteroatoms. The Bertz CT molecular complexity index is 905. The molecule has 0 spiro atoms. The van der Waals surface area contributed by atoms with Crippen LogP contribution in [0, 0.1) is 0 Å². The number of aliphatic hydroxyl groups is 1. The minimum absolute atomic E-state index is 0.0790. The molecule has 2 amide bonds. The summed E-state index contributed by atoms with van der Waals surface area (Å²) in [4.78, 5) is 25.1. The third kappa shape index (κ3) is 3.84. The molecule has 0 saturated heterocycles. The number of carbonyl (C=O) groups excluding carboxylic acids is 2. The summed E-state index contributed by atoms with van der Waals surface area (Å²) >= 11 is 12.1. The quantitative estimate of drug-likeness (QED) is 0.838. The Kier molecular flexibility index (Phi) is 5.20. The van der Waals surface area contributed by atoms with Crippen LogP contribution in [0.2, 0.25) is 10.0 Å². The van der Waals surface area contributed by atoms with Crippen molar-refractivity contribution in [2.24, 2.45) is 0 Å². The van der Waals surface area contributed by atoms with E-state index in [0.717, 1.165) is 16.7 Å². The van der Waals surface area contributed by atoms with Crippen molar-refractivity contribution in [1.82, 2.24) is 10.2 Å². The predicted octanol–water partition coefficient (Wildman–Crippen LogP) is 3.56. The van der Waals surface area contributed by atoms with Gasteiger partial charge < -0.3 is 15.3 Å². The van der Waals surface area contributed by atoms with E-state index in [4.69, 9.17) is 23.2 Å². The third-order valence-corrected chi connectivity index (χ3v) is 4.52. The van der Waals surface area contributed by atoms with Gasteiger partial charge in [0.2, 0.25) is 0 Å². The number of nitrogens with zero attached hydrogens (tertiary/aromatic N) is 1. The zero-order chi connectivity index (χ0) is 18.8. The van der Waals surface area contributed by atoms with E-state index in [1.54, 1.807) is 6.07 Å². The minimum atomic E-state index is -0.546. The maximum Gasteiger partial charge on any atom is 0.289 e. The average Bonchev–Trinajstić information content (AvgIpc) is 2.86. The van der Waals surface area contributed by atoms with E-state index in [2.05, 4.69) is 5.32 Å². The van der Waals surface area contributed by atoms with Crippen LogP contribution in [-0.4, -0.2) is 35.4 Å². The molecule has 26 heavy (non-hydrogen) atoms. The lowest BCUT2D eigenvalue weighted by Gasteiger charge is -2.10. The summed E-state index contributed by atoms with van der Waals surface area (Å²) in [6, 6.07) is 12.9. The largest absolute Gasteiger partial charge is 0.503 e. The van der Waals surface area contributed by atoms with Crippen molar-refractivity contribution >= 4 is 35.0 Å². The van der Waals surface area contributed by atoms with E-state index in [1.807, 2.05) is 36.4 Å². The lowest BCUT2D eigenvalue weighted by Crippen LogP contribution is -2.27. The van der Waals surface area contributed by atoms with Gasteiger partial charge in [0.1, 0.15) is 0 Å². The number of aliphatic hydroxyl groups excluding tert-OH is 1. The molecule has 0 atom stereocenters. The molecule has 134 valence electrons. The highest BCUT2D eigenvalue weighted by Crippen LogP contribution is 2.27. The molecule has 0 aliphatic carbocycles. The summed E-state index contributed by atoms with van der Waals surface area (Å²) in [7, 11) is 1.53. The average molecular weight is 391 g/mol. The Morgan fingerprint density at radius 2 is 1.85 bits per heavy atom. The van der Waals surface area contributed by atoms with Crippen molar-refractivity contribution in [2.75, 3.05) is 13.6 Å². The zero-order valence-corrected chi connectivity index (χ0v) is 15.4. The highest BCUT2D eigenvalue weighted by molar-refractivity contribution is 6.35. The van der Waals surface area contributed by atoms with Gasteiger partial charge in [-0.2, -0.15) is 0 Å². The second kappa shape index (κ2) is 7.40. The maximum atomic E-state index is 12.2. The number of amides is 2. The second-order valence-corrected chi connectivity index (χ2v) is 6.90. The molecular weight excluding hydrogens is 375 g/mol. The Labute approximate surface area is 160 Å². The van der Waals surface area contributed by atoms with E-state index < -0.39 is 17.6 Å². The topological polar surface area (TPSA) is 69.6 Å². The first kappa shape index (κ1) is 18.3. The molecule has 0 saturated carbocycles. The smallest absolute Gasteiger partial charge is 0.289 e. The Morgan fingerprint density at radius 1 is 1.15 bits per heavy atom. The van der Waals surface area contributed by atoms with Gasteiger partial charge in [-0.1, -0.05) is 41.4 Å². The van der Waals surface area contributed by atoms with Crippen LogP contribution in [0.5, 0.6) is 0 Å². The Morgan fingerprint density at radius 3 is 2.46 bits per heavy atom. The van der Waals surface area contributed by atoms with Crippen LogP contribution < -0.4 is 5.32 Å². The standard InChI is InChI=1S/C19H16Cl2N2O3/c1-23-10-16(17(24)19(23)26)18(25)22-9-11-3-2-4-12(5-11)13-6-14(20)8-15(21)7-13/h2-8,24H,9-10H2,1H3,(H,22,25). The molecule has 0 fully saturated rings. The summed E-state index contributed by atoms with van der Waals surface area (Å²) in [6.45, 7) is 0.354. The molecular formula is C19H16Cl2N2O3. The first-order valence-corrected chi connectivity index (χ1v) is 8.62. The van der Waals surface area contributed by atoms with Gasteiger partial charge in [-0.05, 0) is 41.0 Å². The van der Waals surface area contributed by atoms with Crippen LogP contribution >= 0.6 is 23.2 Å². The normalized spacial score (nSPS) is 14.1. The van der Waals surface area contributed by atoms with Gasteiger partial charge in [0.15, 0.2) is 5.76 Å². The van der Waals surface area contributed by atoms with E-state index in [0.29, 0.717) is 10.0 Å². The fourth-order valence-electron chi connectivity index (χ4n) is 2.74. The van der Waals surface area contributed by atoms with Crippen LogP contribution in [0.1, 0.15) is 5.56 Å². The monoisotopic (exact) mass is 390 g/mol. The molecule has 0 radical (unpaired) electrons. The lowest BCUT2D eigenvalue weighted by molar-refractivity contribution is -0.126. The molecule has 1 aliphatic rings. The highest BCUT2D eigenvalue weighted by atomic mass is 35.5. The molecule has 0 aromatic heterocycles. The Balaban J connectivity index is 1.74. The van der Waals surface area contributed by atoms with Gasteiger partial charge in [0.05, 0.1) is 12.1 Å². The number of benzene rings is 2. The maximum absolute atomic E-state index is 12.2. The van der Waals surface area contributed by atoms with Gasteiger partial charge in [-0.25, -0.2) is 0 Å². The Hall–Kier alpha value is -2.50. The van der Waals surface area contributed by atoms with Crippen LogP contribution in [-0.2, 0) is 16.1 Å². The molecule has 1 aliphatic heterocycles. The number of likely N-dealkylation sites (N-methyl/N-ethyl adjacent to an activating group) is 1. The first-order valence-electron chi connectivity index (χ1n) is 7.86. The van der Waals surface area contributed by atoms with Crippen LogP contribution in [0.15, 0.2) is 53.8 Å². The van der Waals surface area contributed by atoms with Crippen molar-refractivity contribution in [3.05, 3.63) is 69.4 Å². The molecule has 2 aromatic rings. The number of hydrogen-bond acceptors (Lipinski definition) is 3. The molecule has 5 nitrogen and oxygen atoms in total. The van der Waals surface area contributed by atoms with Crippen LogP contribution in [0.4, 0.5) is 0 Å². The zero-order valence-electron chi connectivity index (χ0n) is 13.9. The van der Waals surface area contributed by atoms with E-state index in [1.165, 1.54) is 11.9 Å². The van der Waals surface area contributed by atoms with E-state index in [9.17, 15) is 14.7 Å². The van der Waals surface area contributed by atoms with Gasteiger partial charge in [-0.3, -0.25) is 9.59 Å².